The molecule has 0 aliphatic rings. The molecular formula is C10H11FN2. The predicted octanol–water partition coefficient (Wildman–Crippen LogP) is 2.27. The highest BCUT2D eigenvalue weighted by Gasteiger charge is 2.10. The molecule has 0 amide bonds. The molecule has 0 atom stereocenters. The van der Waals surface area contributed by atoms with Crippen LogP contribution in [-0.2, 0) is 13.5 Å². The highest BCUT2D eigenvalue weighted by molar-refractivity contribution is 5.82. The summed E-state index contributed by atoms with van der Waals surface area (Å²) < 4.78 is 15.1. The van der Waals surface area contributed by atoms with Gasteiger partial charge in [0.05, 0.1) is 16.6 Å². The molecular weight excluding hydrogens is 167 g/mol. The van der Waals surface area contributed by atoms with Crippen LogP contribution in [0.5, 0.6) is 0 Å². The van der Waals surface area contributed by atoms with Crippen LogP contribution in [0.4, 0.5) is 4.39 Å². The number of aromatic nitrogens is 2. The number of rotatable bonds is 1. The molecule has 0 N–H and O–H groups in total. The second kappa shape index (κ2) is 2.83. The third-order valence-electron chi connectivity index (χ3n) is 2.23. The number of fused-ring (bicyclic) bond motifs is 1. The molecule has 0 aliphatic carbocycles. The molecule has 1 aromatic carbocycles. The Kier molecular flexibility index (Phi) is 1.79. The van der Waals surface area contributed by atoms with E-state index in [1.54, 1.807) is 10.7 Å². The van der Waals surface area contributed by atoms with Crippen molar-refractivity contribution in [2.24, 2.45) is 7.05 Å². The van der Waals surface area contributed by atoms with Gasteiger partial charge in [0, 0.05) is 7.05 Å². The third-order valence-corrected chi connectivity index (χ3v) is 2.23. The van der Waals surface area contributed by atoms with E-state index in [1.807, 2.05) is 20.0 Å². The lowest BCUT2D eigenvalue weighted by Crippen LogP contribution is -1.90. The van der Waals surface area contributed by atoms with Crippen LogP contribution in [0.25, 0.3) is 10.9 Å². The van der Waals surface area contributed by atoms with E-state index in [1.165, 1.54) is 6.07 Å². The van der Waals surface area contributed by atoms with E-state index in [-0.39, 0.29) is 5.82 Å². The fourth-order valence-electron chi connectivity index (χ4n) is 1.60. The largest absolute Gasteiger partial charge is 0.268 e. The first-order valence-corrected chi connectivity index (χ1v) is 4.34. The number of hydrogen-bond donors (Lipinski definition) is 0. The number of halogens is 1. The van der Waals surface area contributed by atoms with Gasteiger partial charge >= 0.3 is 0 Å². The Morgan fingerprint density at radius 2 is 2.23 bits per heavy atom. The van der Waals surface area contributed by atoms with Crippen molar-refractivity contribution in [3.63, 3.8) is 0 Å². The first kappa shape index (κ1) is 8.23. The number of hydrogen-bond acceptors (Lipinski definition) is 1. The van der Waals surface area contributed by atoms with Crippen molar-refractivity contribution in [1.29, 1.82) is 0 Å². The molecule has 0 saturated carbocycles. The van der Waals surface area contributed by atoms with Crippen LogP contribution >= 0.6 is 0 Å². The number of nitrogens with zero attached hydrogens (tertiary/aromatic N) is 2. The first-order valence-electron chi connectivity index (χ1n) is 4.34. The van der Waals surface area contributed by atoms with E-state index in [4.69, 9.17) is 0 Å². The Labute approximate surface area is 76.0 Å². The van der Waals surface area contributed by atoms with Gasteiger partial charge in [-0.2, -0.15) is 5.10 Å². The van der Waals surface area contributed by atoms with Crippen LogP contribution in [0.1, 0.15) is 12.6 Å². The molecule has 13 heavy (non-hydrogen) atoms. The lowest BCUT2D eigenvalue weighted by atomic mass is 10.2. The zero-order chi connectivity index (χ0) is 9.42. The van der Waals surface area contributed by atoms with Crippen molar-refractivity contribution >= 4 is 10.9 Å². The van der Waals surface area contributed by atoms with Gasteiger partial charge in [0.15, 0.2) is 0 Å². The van der Waals surface area contributed by atoms with E-state index < -0.39 is 0 Å². The van der Waals surface area contributed by atoms with Crippen LogP contribution in [0.15, 0.2) is 18.2 Å². The number of aryl methyl sites for hydroxylation is 2. The maximum Gasteiger partial charge on any atom is 0.134 e. The lowest BCUT2D eigenvalue weighted by molar-refractivity contribution is 0.639. The molecule has 0 aliphatic heterocycles. The van der Waals surface area contributed by atoms with E-state index in [0.717, 1.165) is 17.6 Å². The Balaban J connectivity index is 2.89. The van der Waals surface area contributed by atoms with Crippen LogP contribution in [0, 0.1) is 5.82 Å². The van der Waals surface area contributed by atoms with Crippen molar-refractivity contribution < 1.29 is 4.39 Å². The van der Waals surface area contributed by atoms with Gasteiger partial charge in [-0.05, 0) is 18.6 Å². The van der Waals surface area contributed by atoms with Gasteiger partial charge in [-0.1, -0.05) is 13.0 Å². The molecule has 0 bridgehead atoms. The Hall–Kier alpha value is -1.38. The van der Waals surface area contributed by atoms with Gasteiger partial charge in [0.2, 0.25) is 0 Å². The predicted molar refractivity (Wildman–Crippen MR) is 50.1 cm³/mol. The molecule has 1 aromatic heterocycles. The SMILES string of the molecule is CCc1nn(C)c2cccc(F)c12. The second-order valence-corrected chi connectivity index (χ2v) is 3.06. The Morgan fingerprint density at radius 1 is 1.46 bits per heavy atom. The minimum Gasteiger partial charge on any atom is -0.268 e. The average molecular weight is 178 g/mol. The fourth-order valence-corrected chi connectivity index (χ4v) is 1.60. The smallest absolute Gasteiger partial charge is 0.134 e. The number of benzene rings is 1. The summed E-state index contributed by atoms with van der Waals surface area (Å²) in [5.74, 6) is -0.178. The van der Waals surface area contributed by atoms with Crippen LogP contribution in [0.2, 0.25) is 0 Å². The van der Waals surface area contributed by atoms with Gasteiger partial charge in [0.1, 0.15) is 5.82 Å². The summed E-state index contributed by atoms with van der Waals surface area (Å²) in [5, 5.41) is 4.91. The lowest BCUT2D eigenvalue weighted by Gasteiger charge is -1.93. The first-order chi connectivity index (χ1) is 6.24. The molecule has 2 nitrogen and oxygen atoms in total. The molecule has 1 heterocycles. The van der Waals surface area contributed by atoms with Gasteiger partial charge in [-0.15, -0.1) is 0 Å². The van der Waals surface area contributed by atoms with Gasteiger partial charge in [-0.25, -0.2) is 4.39 Å². The van der Waals surface area contributed by atoms with E-state index >= 15 is 0 Å². The van der Waals surface area contributed by atoms with Crippen LogP contribution < -0.4 is 0 Å². The summed E-state index contributed by atoms with van der Waals surface area (Å²) in [6, 6.07) is 5.06. The van der Waals surface area contributed by atoms with Crippen LogP contribution in [0.3, 0.4) is 0 Å². The highest BCUT2D eigenvalue weighted by atomic mass is 19.1. The van der Waals surface area contributed by atoms with E-state index in [2.05, 4.69) is 5.10 Å². The Morgan fingerprint density at radius 3 is 2.92 bits per heavy atom. The maximum atomic E-state index is 13.4. The topological polar surface area (TPSA) is 17.8 Å². The molecule has 0 fully saturated rings. The molecule has 68 valence electrons. The molecule has 0 radical (unpaired) electrons. The molecule has 2 aromatic rings. The summed E-state index contributed by atoms with van der Waals surface area (Å²) >= 11 is 0. The summed E-state index contributed by atoms with van der Waals surface area (Å²) in [6.45, 7) is 1.98. The van der Waals surface area contributed by atoms with Crippen molar-refractivity contribution in [1.82, 2.24) is 9.78 Å². The minimum atomic E-state index is -0.178. The molecule has 0 unspecified atom stereocenters. The summed E-state index contributed by atoms with van der Waals surface area (Å²) in [4.78, 5) is 0. The molecule has 3 heteroatoms. The van der Waals surface area contributed by atoms with Gasteiger partial charge < -0.3 is 0 Å². The molecule has 0 saturated heterocycles. The average Bonchev–Trinajstić information content (AvgIpc) is 2.45. The third kappa shape index (κ3) is 1.11. The van der Waals surface area contributed by atoms with Gasteiger partial charge in [-0.3, -0.25) is 4.68 Å². The monoisotopic (exact) mass is 178 g/mol. The molecule has 0 spiro atoms. The Bertz CT molecular complexity index is 445. The van der Waals surface area contributed by atoms with Crippen molar-refractivity contribution in [2.45, 2.75) is 13.3 Å². The summed E-state index contributed by atoms with van der Waals surface area (Å²) in [6.07, 6.45) is 0.762. The van der Waals surface area contributed by atoms with Crippen molar-refractivity contribution in [3.8, 4) is 0 Å². The quantitative estimate of drug-likeness (QED) is 0.655. The van der Waals surface area contributed by atoms with Crippen molar-refractivity contribution in [2.75, 3.05) is 0 Å². The zero-order valence-electron chi connectivity index (χ0n) is 7.71. The fraction of sp³-hybridized carbons (Fsp3) is 0.300. The standard InChI is InChI=1S/C10H11FN2/c1-3-8-10-7(11)5-4-6-9(10)13(2)12-8/h4-6H,3H2,1-2H3. The summed E-state index contributed by atoms with van der Waals surface area (Å²) in [5.41, 5.74) is 1.69. The highest BCUT2D eigenvalue weighted by Crippen LogP contribution is 2.21. The second-order valence-electron chi connectivity index (χ2n) is 3.06. The zero-order valence-corrected chi connectivity index (χ0v) is 7.71. The summed E-state index contributed by atoms with van der Waals surface area (Å²) in [7, 11) is 1.83. The van der Waals surface area contributed by atoms with Crippen molar-refractivity contribution in [3.05, 3.63) is 29.7 Å². The molecule has 2 rings (SSSR count). The van der Waals surface area contributed by atoms with Crippen LogP contribution in [-0.4, -0.2) is 9.78 Å². The van der Waals surface area contributed by atoms with Gasteiger partial charge in [0.25, 0.3) is 0 Å². The van der Waals surface area contributed by atoms with E-state index in [0.29, 0.717) is 5.39 Å². The minimum absolute atomic E-state index is 0.178. The normalized spacial score (nSPS) is 11.0. The maximum absolute atomic E-state index is 13.4. The van der Waals surface area contributed by atoms with E-state index in [9.17, 15) is 4.39 Å².